The zero-order chi connectivity index (χ0) is 20.5. The number of anilines is 1. The number of hydrogen-bond acceptors (Lipinski definition) is 4. The van der Waals surface area contributed by atoms with Crippen LogP contribution in [0.1, 0.15) is 53.2 Å². The highest BCUT2D eigenvalue weighted by atomic mass is 16.5. The summed E-state index contributed by atoms with van der Waals surface area (Å²) in [5, 5.41) is 2.78. The third-order valence-electron chi connectivity index (χ3n) is 4.61. The van der Waals surface area contributed by atoms with E-state index in [9.17, 15) is 9.59 Å². The van der Waals surface area contributed by atoms with Gasteiger partial charge in [0.15, 0.2) is 6.61 Å². The summed E-state index contributed by atoms with van der Waals surface area (Å²) in [4.78, 5) is 24.1. The summed E-state index contributed by atoms with van der Waals surface area (Å²) in [6.45, 7) is 8.41. The van der Waals surface area contributed by atoms with Crippen LogP contribution in [0.25, 0.3) is 0 Å². The average molecular weight is 383 g/mol. The van der Waals surface area contributed by atoms with E-state index in [0.29, 0.717) is 17.9 Å². The van der Waals surface area contributed by atoms with Crippen molar-refractivity contribution < 1.29 is 19.1 Å². The molecule has 0 aliphatic carbocycles. The third-order valence-corrected chi connectivity index (χ3v) is 4.61. The number of benzene rings is 2. The average Bonchev–Trinajstić information content (AvgIpc) is 2.68. The first-order chi connectivity index (χ1) is 13.4. The Morgan fingerprint density at radius 1 is 0.929 bits per heavy atom. The van der Waals surface area contributed by atoms with Crippen molar-refractivity contribution in [1.29, 1.82) is 0 Å². The van der Waals surface area contributed by atoms with E-state index in [2.05, 4.69) is 12.2 Å². The van der Waals surface area contributed by atoms with Crippen LogP contribution in [0.2, 0.25) is 0 Å². The van der Waals surface area contributed by atoms with Gasteiger partial charge in [0.1, 0.15) is 5.75 Å². The first kappa shape index (κ1) is 21.5. The van der Waals surface area contributed by atoms with E-state index in [1.54, 1.807) is 24.3 Å². The third kappa shape index (κ3) is 6.12. The van der Waals surface area contributed by atoms with Crippen LogP contribution in [0.3, 0.4) is 0 Å². The number of unbranched alkanes of at least 4 members (excludes halogenated alkanes) is 2. The van der Waals surface area contributed by atoms with Crippen LogP contribution in [0, 0.1) is 20.8 Å². The summed E-state index contributed by atoms with van der Waals surface area (Å²) in [6, 6.07) is 10.7. The van der Waals surface area contributed by atoms with Gasteiger partial charge in [-0.2, -0.15) is 0 Å². The minimum absolute atomic E-state index is 0.0770. The summed E-state index contributed by atoms with van der Waals surface area (Å²) < 4.78 is 10.9. The number of aryl methyl sites for hydroxylation is 2. The molecule has 0 bridgehead atoms. The molecule has 0 unspecified atom stereocenters. The quantitative estimate of drug-likeness (QED) is 0.490. The molecule has 0 saturated heterocycles. The first-order valence-corrected chi connectivity index (χ1v) is 9.69. The van der Waals surface area contributed by atoms with Crippen molar-refractivity contribution in [2.75, 3.05) is 18.5 Å². The van der Waals surface area contributed by atoms with Gasteiger partial charge in [0.2, 0.25) is 0 Å². The maximum Gasteiger partial charge on any atom is 0.338 e. The predicted molar refractivity (Wildman–Crippen MR) is 111 cm³/mol. The molecule has 2 rings (SSSR count). The van der Waals surface area contributed by atoms with Gasteiger partial charge in [-0.3, -0.25) is 4.79 Å². The van der Waals surface area contributed by atoms with Crippen molar-refractivity contribution in [2.45, 2.75) is 47.0 Å². The SMILES string of the molecule is CCCCCOC(=O)c1ccc(NC(=O)COc2c(C)ccc(C)c2C)cc1. The van der Waals surface area contributed by atoms with Crippen molar-refractivity contribution in [3.8, 4) is 5.75 Å². The van der Waals surface area contributed by atoms with Gasteiger partial charge >= 0.3 is 5.97 Å². The Kier molecular flexibility index (Phi) is 8.05. The van der Waals surface area contributed by atoms with Crippen molar-refractivity contribution in [1.82, 2.24) is 0 Å². The van der Waals surface area contributed by atoms with E-state index in [4.69, 9.17) is 9.47 Å². The molecular weight excluding hydrogens is 354 g/mol. The number of ether oxygens (including phenoxy) is 2. The highest BCUT2D eigenvalue weighted by Gasteiger charge is 2.11. The van der Waals surface area contributed by atoms with Crippen molar-refractivity contribution in [3.05, 3.63) is 58.7 Å². The smallest absolute Gasteiger partial charge is 0.338 e. The van der Waals surface area contributed by atoms with E-state index < -0.39 is 0 Å². The minimum atomic E-state index is -0.345. The van der Waals surface area contributed by atoms with Gasteiger partial charge in [-0.05, 0) is 68.1 Å². The zero-order valence-corrected chi connectivity index (χ0v) is 17.1. The number of nitrogens with one attached hydrogen (secondary N) is 1. The van der Waals surface area contributed by atoms with Crippen LogP contribution in [0.15, 0.2) is 36.4 Å². The normalized spacial score (nSPS) is 10.4. The second-order valence-corrected chi connectivity index (χ2v) is 6.91. The van der Waals surface area contributed by atoms with Crippen molar-refractivity contribution in [3.63, 3.8) is 0 Å². The van der Waals surface area contributed by atoms with Gasteiger partial charge in [0.25, 0.3) is 5.91 Å². The molecule has 0 spiro atoms. The second kappa shape index (κ2) is 10.5. The fraction of sp³-hybridized carbons (Fsp3) is 0.391. The van der Waals surface area contributed by atoms with E-state index in [0.717, 1.165) is 41.7 Å². The first-order valence-electron chi connectivity index (χ1n) is 9.69. The lowest BCUT2D eigenvalue weighted by atomic mass is 10.1. The number of carbonyl (C=O) groups is 2. The minimum Gasteiger partial charge on any atom is -0.483 e. The molecule has 0 heterocycles. The summed E-state index contributed by atoms with van der Waals surface area (Å²) in [7, 11) is 0. The molecule has 150 valence electrons. The monoisotopic (exact) mass is 383 g/mol. The van der Waals surface area contributed by atoms with Crippen LogP contribution >= 0.6 is 0 Å². The van der Waals surface area contributed by atoms with E-state index in [1.165, 1.54) is 0 Å². The van der Waals surface area contributed by atoms with Gasteiger partial charge < -0.3 is 14.8 Å². The molecule has 28 heavy (non-hydrogen) atoms. The highest BCUT2D eigenvalue weighted by molar-refractivity contribution is 5.93. The number of hydrogen-bond donors (Lipinski definition) is 1. The second-order valence-electron chi connectivity index (χ2n) is 6.91. The zero-order valence-electron chi connectivity index (χ0n) is 17.1. The molecule has 1 N–H and O–H groups in total. The molecule has 2 aromatic carbocycles. The lowest BCUT2D eigenvalue weighted by molar-refractivity contribution is -0.118. The fourth-order valence-electron chi connectivity index (χ4n) is 2.77. The van der Waals surface area contributed by atoms with Gasteiger partial charge in [0, 0.05) is 5.69 Å². The topological polar surface area (TPSA) is 64.6 Å². The van der Waals surface area contributed by atoms with Crippen LogP contribution in [-0.2, 0) is 9.53 Å². The van der Waals surface area contributed by atoms with Crippen molar-refractivity contribution in [2.24, 2.45) is 0 Å². The molecule has 0 aromatic heterocycles. The molecule has 1 amide bonds. The maximum atomic E-state index is 12.2. The van der Waals surface area contributed by atoms with E-state index >= 15 is 0 Å². The number of amides is 1. The molecule has 0 radical (unpaired) electrons. The Bertz CT molecular complexity index is 812. The lowest BCUT2D eigenvalue weighted by Crippen LogP contribution is -2.20. The Hall–Kier alpha value is -2.82. The molecule has 0 aliphatic heterocycles. The summed E-state index contributed by atoms with van der Waals surface area (Å²) in [5.74, 6) is 0.147. The molecule has 5 nitrogen and oxygen atoms in total. The van der Waals surface area contributed by atoms with Gasteiger partial charge in [-0.15, -0.1) is 0 Å². The maximum absolute atomic E-state index is 12.2. The molecule has 0 aliphatic rings. The van der Waals surface area contributed by atoms with E-state index in [-0.39, 0.29) is 18.5 Å². The summed E-state index contributed by atoms with van der Waals surface area (Å²) >= 11 is 0. The lowest BCUT2D eigenvalue weighted by Gasteiger charge is -2.14. The van der Waals surface area contributed by atoms with Gasteiger partial charge in [0.05, 0.1) is 12.2 Å². The van der Waals surface area contributed by atoms with Crippen molar-refractivity contribution >= 4 is 17.6 Å². The highest BCUT2D eigenvalue weighted by Crippen LogP contribution is 2.25. The molecular formula is C23H29NO4. The fourth-order valence-corrected chi connectivity index (χ4v) is 2.77. The Morgan fingerprint density at radius 2 is 1.61 bits per heavy atom. The van der Waals surface area contributed by atoms with Crippen LogP contribution in [-0.4, -0.2) is 25.1 Å². The summed E-state index contributed by atoms with van der Waals surface area (Å²) in [5.41, 5.74) is 4.23. The standard InChI is InChI=1S/C23H29NO4/c1-5-6-7-14-27-23(26)19-10-12-20(13-11-19)24-21(25)15-28-22-17(3)9-8-16(2)18(22)4/h8-13H,5-7,14-15H2,1-4H3,(H,24,25). The van der Waals surface area contributed by atoms with Crippen LogP contribution in [0.4, 0.5) is 5.69 Å². The Labute approximate surface area is 167 Å². The molecule has 0 atom stereocenters. The summed E-state index contributed by atoms with van der Waals surface area (Å²) in [6.07, 6.45) is 3.00. The van der Waals surface area contributed by atoms with Crippen LogP contribution < -0.4 is 10.1 Å². The van der Waals surface area contributed by atoms with Crippen LogP contribution in [0.5, 0.6) is 5.75 Å². The number of carbonyl (C=O) groups excluding carboxylic acids is 2. The molecule has 5 heteroatoms. The Morgan fingerprint density at radius 3 is 2.29 bits per heavy atom. The molecule has 2 aromatic rings. The molecule has 0 saturated carbocycles. The predicted octanol–water partition coefficient (Wildman–Crippen LogP) is 4.98. The van der Waals surface area contributed by atoms with Gasteiger partial charge in [-0.25, -0.2) is 4.79 Å². The largest absolute Gasteiger partial charge is 0.483 e. The Balaban J connectivity index is 1.86. The number of esters is 1. The van der Waals surface area contributed by atoms with Gasteiger partial charge in [-0.1, -0.05) is 31.9 Å². The van der Waals surface area contributed by atoms with E-state index in [1.807, 2.05) is 32.9 Å². The molecule has 0 fully saturated rings. The number of rotatable bonds is 9.